The van der Waals surface area contributed by atoms with Crippen LogP contribution < -0.4 is 5.32 Å². The predicted octanol–water partition coefficient (Wildman–Crippen LogP) is 4.12. The van der Waals surface area contributed by atoms with Crippen LogP contribution in [0.4, 0.5) is 5.69 Å². The first-order valence-corrected chi connectivity index (χ1v) is 10.5. The molecule has 0 fully saturated rings. The molecule has 0 unspecified atom stereocenters. The molecule has 1 aliphatic rings. The highest BCUT2D eigenvalue weighted by atomic mass is 16.2. The van der Waals surface area contributed by atoms with Gasteiger partial charge in [0, 0.05) is 30.4 Å². The number of carbonyl (C=O) groups is 2. The summed E-state index contributed by atoms with van der Waals surface area (Å²) in [4.78, 5) is 28.9. The Balaban J connectivity index is 1.59. The van der Waals surface area contributed by atoms with E-state index in [2.05, 4.69) is 34.5 Å². The highest BCUT2D eigenvalue weighted by Crippen LogP contribution is 2.33. The molecule has 0 bridgehead atoms. The monoisotopic (exact) mass is 393 g/mol. The number of amides is 2. The second-order valence-corrected chi connectivity index (χ2v) is 7.62. The van der Waals surface area contributed by atoms with Gasteiger partial charge in [-0.1, -0.05) is 24.3 Å². The van der Waals surface area contributed by atoms with Crippen molar-refractivity contribution in [3.8, 4) is 0 Å². The Bertz CT molecular complexity index is 843. The lowest BCUT2D eigenvalue weighted by Crippen LogP contribution is -2.35. The Morgan fingerprint density at radius 1 is 1.03 bits per heavy atom. The molecule has 5 heteroatoms. The number of hydrogen-bond donors (Lipinski definition) is 1. The van der Waals surface area contributed by atoms with Crippen molar-refractivity contribution in [3.05, 3.63) is 65.2 Å². The van der Waals surface area contributed by atoms with Crippen LogP contribution in [0.5, 0.6) is 0 Å². The third-order valence-corrected chi connectivity index (χ3v) is 5.73. The van der Waals surface area contributed by atoms with Crippen molar-refractivity contribution in [2.75, 3.05) is 32.0 Å². The molecule has 2 amide bonds. The number of nitrogens with zero attached hydrogens (tertiary/aromatic N) is 2. The maximum Gasteiger partial charge on any atom is 0.253 e. The van der Waals surface area contributed by atoms with Crippen LogP contribution in [0.3, 0.4) is 0 Å². The van der Waals surface area contributed by atoms with Crippen LogP contribution in [0.1, 0.15) is 54.2 Å². The zero-order valence-corrected chi connectivity index (χ0v) is 17.6. The maximum atomic E-state index is 12.6. The average Bonchev–Trinajstić information content (AvgIpc) is 2.74. The summed E-state index contributed by atoms with van der Waals surface area (Å²) in [5, 5.41) is 2.95. The second kappa shape index (κ2) is 9.70. The lowest BCUT2D eigenvalue weighted by Gasteiger charge is -2.32. The van der Waals surface area contributed by atoms with Crippen LogP contribution in [-0.2, 0) is 11.2 Å². The summed E-state index contributed by atoms with van der Waals surface area (Å²) in [7, 11) is 2.01. The molecule has 29 heavy (non-hydrogen) atoms. The topological polar surface area (TPSA) is 52.7 Å². The maximum absolute atomic E-state index is 12.6. The third kappa shape index (κ3) is 5.04. The van der Waals surface area contributed by atoms with Crippen LogP contribution in [-0.4, -0.2) is 48.3 Å². The van der Waals surface area contributed by atoms with Crippen LogP contribution in [0.15, 0.2) is 48.5 Å². The first-order chi connectivity index (χ1) is 14.0. The van der Waals surface area contributed by atoms with Crippen molar-refractivity contribution in [3.63, 3.8) is 0 Å². The van der Waals surface area contributed by atoms with Crippen molar-refractivity contribution in [2.45, 2.75) is 39.2 Å². The number of carbonyl (C=O) groups excluding carboxylic acids is 2. The van der Waals surface area contributed by atoms with E-state index in [0.29, 0.717) is 30.9 Å². The van der Waals surface area contributed by atoms with Crippen molar-refractivity contribution in [2.24, 2.45) is 0 Å². The highest BCUT2D eigenvalue weighted by Gasteiger charge is 2.24. The molecule has 0 spiro atoms. The van der Waals surface area contributed by atoms with E-state index in [1.807, 2.05) is 20.9 Å². The molecule has 0 saturated heterocycles. The lowest BCUT2D eigenvalue weighted by atomic mass is 9.87. The number of fused-ring (bicyclic) bond motifs is 1. The zero-order valence-electron chi connectivity index (χ0n) is 17.6. The van der Waals surface area contributed by atoms with E-state index in [0.717, 1.165) is 19.3 Å². The van der Waals surface area contributed by atoms with Gasteiger partial charge in [0.2, 0.25) is 5.91 Å². The molecule has 0 saturated carbocycles. The fourth-order valence-corrected chi connectivity index (χ4v) is 4.11. The molecule has 0 aromatic heterocycles. The average molecular weight is 394 g/mol. The Hall–Kier alpha value is -2.66. The van der Waals surface area contributed by atoms with Gasteiger partial charge in [0.15, 0.2) is 0 Å². The van der Waals surface area contributed by atoms with Crippen LogP contribution in [0.2, 0.25) is 0 Å². The number of aryl methyl sites for hydroxylation is 1. The molecule has 2 aromatic rings. The second-order valence-electron chi connectivity index (χ2n) is 7.62. The Labute approximate surface area is 173 Å². The van der Waals surface area contributed by atoms with Crippen LogP contribution >= 0.6 is 0 Å². The van der Waals surface area contributed by atoms with Gasteiger partial charge in [0.05, 0.1) is 6.54 Å². The summed E-state index contributed by atoms with van der Waals surface area (Å²) >= 11 is 0. The number of hydrogen-bond acceptors (Lipinski definition) is 3. The number of likely N-dealkylation sites (N-methyl/N-ethyl adjacent to an activating group) is 1. The van der Waals surface area contributed by atoms with Crippen molar-refractivity contribution in [1.82, 2.24) is 9.80 Å². The molecular formula is C24H31N3O2. The molecule has 0 aliphatic heterocycles. The molecule has 0 heterocycles. The van der Waals surface area contributed by atoms with E-state index in [-0.39, 0.29) is 17.9 Å². The normalized spacial score (nSPS) is 15.7. The molecule has 2 aromatic carbocycles. The predicted molar refractivity (Wildman–Crippen MR) is 117 cm³/mol. The summed E-state index contributed by atoms with van der Waals surface area (Å²) in [6, 6.07) is 16.0. The Kier molecular flexibility index (Phi) is 7.04. The fourth-order valence-electron chi connectivity index (χ4n) is 4.11. The largest absolute Gasteiger partial charge is 0.339 e. The van der Waals surface area contributed by atoms with Gasteiger partial charge in [-0.3, -0.25) is 14.5 Å². The minimum absolute atomic E-state index is 0.0172. The summed E-state index contributed by atoms with van der Waals surface area (Å²) in [5.74, 6) is -0.0260. The summed E-state index contributed by atoms with van der Waals surface area (Å²) < 4.78 is 0. The van der Waals surface area contributed by atoms with E-state index in [9.17, 15) is 9.59 Å². The third-order valence-electron chi connectivity index (χ3n) is 5.73. The summed E-state index contributed by atoms with van der Waals surface area (Å²) in [6.45, 7) is 5.64. The smallest absolute Gasteiger partial charge is 0.253 e. The van der Waals surface area contributed by atoms with Gasteiger partial charge in [0.25, 0.3) is 5.91 Å². The zero-order chi connectivity index (χ0) is 20.8. The molecule has 3 rings (SSSR count). The summed E-state index contributed by atoms with van der Waals surface area (Å²) in [5.41, 5.74) is 4.09. The van der Waals surface area contributed by atoms with E-state index in [1.165, 1.54) is 11.1 Å². The van der Waals surface area contributed by atoms with Gasteiger partial charge in [-0.2, -0.15) is 0 Å². The molecule has 1 N–H and O–H groups in total. The lowest BCUT2D eigenvalue weighted by molar-refractivity contribution is -0.117. The highest BCUT2D eigenvalue weighted by molar-refractivity contribution is 5.96. The number of rotatable bonds is 7. The Morgan fingerprint density at radius 2 is 1.72 bits per heavy atom. The van der Waals surface area contributed by atoms with E-state index >= 15 is 0 Å². The van der Waals surface area contributed by atoms with Gasteiger partial charge in [0.1, 0.15) is 0 Å². The standard InChI is InChI=1S/C24H31N3O2/c1-4-27(5-2)24(29)19-13-15-20(16-14-19)25-23(28)17-26(3)22-12-8-10-18-9-6-7-11-21(18)22/h6-7,9,11,13-16,22H,4-5,8,10,12,17H2,1-3H3,(H,25,28)/t22-/m1/s1. The first-order valence-electron chi connectivity index (χ1n) is 10.5. The van der Waals surface area contributed by atoms with Gasteiger partial charge in [-0.15, -0.1) is 0 Å². The first kappa shape index (κ1) is 21.1. The molecule has 1 atom stereocenters. The molecule has 154 valence electrons. The van der Waals surface area contributed by atoms with Crippen LogP contribution in [0.25, 0.3) is 0 Å². The van der Waals surface area contributed by atoms with Crippen molar-refractivity contribution < 1.29 is 9.59 Å². The minimum atomic E-state index is -0.0432. The molecule has 1 aliphatic carbocycles. The van der Waals surface area contributed by atoms with Crippen molar-refractivity contribution >= 4 is 17.5 Å². The summed E-state index contributed by atoms with van der Waals surface area (Å²) in [6.07, 6.45) is 3.34. The Morgan fingerprint density at radius 3 is 2.41 bits per heavy atom. The number of nitrogens with one attached hydrogen (secondary N) is 1. The van der Waals surface area contributed by atoms with Gasteiger partial charge in [-0.05, 0) is 75.5 Å². The minimum Gasteiger partial charge on any atom is -0.339 e. The van der Waals surface area contributed by atoms with E-state index in [1.54, 1.807) is 29.2 Å². The van der Waals surface area contributed by atoms with Gasteiger partial charge >= 0.3 is 0 Å². The van der Waals surface area contributed by atoms with E-state index in [4.69, 9.17) is 0 Å². The fraction of sp³-hybridized carbons (Fsp3) is 0.417. The van der Waals surface area contributed by atoms with E-state index < -0.39 is 0 Å². The number of anilines is 1. The number of benzene rings is 2. The molecule has 0 radical (unpaired) electrons. The van der Waals surface area contributed by atoms with Gasteiger partial charge in [-0.25, -0.2) is 0 Å². The molecular weight excluding hydrogens is 362 g/mol. The quantitative estimate of drug-likeness (QED) is 0.770. The van der Waals surface area contributed by atoms with Gasteiger partial charge < -0.3 is 10.2 Å². The molecule has 5 nitrogen and oxygen atoms in total. The SMILES string of the molecule is CCN(CC)C(=O)c1ccc(NC(=O)CN(C)[C@@H]2CCCc3ccccc32)cc1. The van der Waals surface area contributed by atoms with Crippen LogP contribution in [0, 0.1) is 0 Å². The van der Waals surface area contributed by atoms with Crippen molar-refractivity contribution in [1.29, 1.82) is 0 Å².